The molecule has 0 bridgehead atoms. The van der Waals surface area contributed by atoms with Crippen LogP contribution in [-0.2, 0) is 0 Å². The summed E-state index contributed by atoms with van der Waals surface area (Å²) in [6.07, 6.45) is 12.5. The average molecular weight is 483 g/mol. The second kappa shape index (κ2) is 7.07. The standard InChI is InChI=1S/C23H24IN4/c1-14-7-22-17(8-15(14)10-25)19(13-28(22)16-5-3-2-4-6-16)18-11-27-12-21(26)23(18)20-9-24-20/h7-8,11-13,16,20H,2-6,9,26H2,1H3/q-1. The van der Waals surface area contributed by atoms with Gasteiger partial charge in [-0.15, -0.1) is 0 Å². The van der Waals surface area contributed by atoms with Gasteiger partial charge in [-0.2, -0.15) is 0 Å². The van der Waals surface area contributed by atoms with Crippen LogP contribution in [0.25, 0.3) is 22.0 Å². The second-order valence-electron chi connectivity index (χ2n) is 8.00. The number of alkyl halides is 2. The molecule has 2 aliphatic rings. The van der Waals surface area contributed by atoms with Crippen LogP contribution in [0.5, 0.6) is 0 Å². The minimum absolute atomic E-state index is 0.238. The van der Waals surface area contributed by atoms with E-state index in [-0.39, 0.29) is 21.2 Å². The van der Waals surface area contributed by atoms with Gasteiger partial charge in [0.2, 0.25) is 0 Å². The zero-order valence-electron chi connectivity index (χ0n) is 16.1. The fraction of sp³-hybridized carbons (Fsp3) is 0.391. The van der Waals surface area contributed by atoms with E-state index < -0.39 is 0 Å². The zero-order valence-corrected chi connectivity index (χ0v) is 18.2. The number of hydrogen-bond donors (Lipinski definition) is 1. The summed E-state index contributed by atoms with van der Waals surface area (Å²) in [6.45, 7) is 2.04. The quantitative estimate of drug-likeness (QED) is 0.459. The summed E-state index contributed by atoms with van der Waals surface area (Å²) in [5, 5.41) is 10.8. The first-order valence-corrected chi connectivity index (χ1v) is 12.8. The van der Waals surface area contributed by atoms with Crippen LogP contribution < -0.4 is 26.9 Å². The Morgan fingerprint density at radius 1 is 1.18 bits per heavy atom. The molecule has 0 radical (unpaired) electrons. The maximum atomic E-state index is 9.61. The Labute approximate surface area is 176 Å². The Hall–Kier alpha value is -2.07. The van der Waals surface area contributed by atoms with E-state index in [0.29, 0.717) is 9.97 Å². The van der Waals surface area contributed by atoms with E-state index in [4.69, 9.17) is 5.73 Å². The van der Waals surface area contributed by atoms with E-state index in [0.717, 1.165) is 16.8 Å². The van der Waals surface area contributed by atoms with Gasteiger partial charge in [-0.1, -0.05) is 0 Å². The number of rotatable bonds is 3. The molecule has 1 aliphatic carbocycles. The third kappa shape index (κ3) is 2.98. The Balaban J connectivity index is 1.77. The molecule has 1 aliphatic heterocycles. The number of aromatic nitrogens is 2. The van der Waals surface area contributed by atoms with Gasteiger partial charge in [0.1, 0.15) is 0 Å². The Kier molecular flexibility index (Phi) is 4.54. The van der Waals surface area contributed by atoms with Gasteiger partial charge >= 0.3 is 176 Å². The normalized spacial score (nSPS) is 19.9. The molecule has 1 saturated carbocycles. The van der Waals surface area contributed by atoms with Crippen molar-refractivity contribution in [2.75, 3.05) is 10.2 Å². The molecule has 0 spiro atoms. The summed E-state index contributed by atoms with van der Waals surface area (Å²) in [5.41, 5.74) is 13.9. The van der Waals surface area contributed by atoms with Gasteiger partial charge in [-0.05, 0) is 0 Å². The average Bonchev–Trinajstić information content (AvgIpc) is 3.49. The van der Waals surface area contributed by atoms with Gasteiger partial charge in [0, 0.05) is 0 Å². The molecule has 5 heteroatoms. The van der Waals surface area contributed by atoms with Crippen molar-refractivity contribution in [3.05, 3.63) is 47.4 Å². The van der Waals surface area contributed by atoms with Crippen LogP contribution in [0.3, 0.4) is 0 Å². The van der Waals surface area contributed by atoms with Crippen LogP contribution in [0, 0.1) is 18.3 Å². The molecule has 1 saturated heterocycles. The summed E-state index contributed by atoms with van der Waals surface area (Å²) in [4.78, 5) is 4.43. The van der Waals surface area contributed by atoms with E-state index in [1.54, 1.807) is 6.20 Å². The molecule has 2 fully saturated rings. The number of benzene rings is 1. The molecule has 4 nitrogen and oxygen atoms in total. The van der Waals surface area contributed by atoms with Crippen molar-refractivity contribution in [3.63, 3.8) is 0 Å². The molecule has 0 amide bonds. The molecule has 144 valence electrons. The molecule has 1 aromatic carbocycles. The third-order valence-corrected chi connectivity index (χ3v) is 8.58. The number of halogens is 1. The minimum atomic E-state index is 0.238. The summed E-state index contributed by atoms with van der Waals surface area (Å²) < 4.78 is 4.45. The Bertz CT molecular complexity index is 1100. The first-order chi connectivity index (χ1) is 13.7. The number of nitriles is 1. The fourth-order valence-electron chi connectivity index (χ4n) is 4.65. The van der Waals surface area contributed by atoms with Gasteiger partial charge < -0.3 is 0 Å². The van der Waals surface area contributed by atoms with Gasteiger partial charge in [0.05, 0.1) is 0 Å². The van der Waals surface area contributed by atoms with E-state index in [9.17, 15) is 5.26 Å². The van der Waals surface area contributed by atoms with Gasteiger partial charge in [0.15, 0.2) is 0 Å². The van der Waals surface area contributed by atoms with Crippen molar-refractivity contribution in [2.24, 2.45) is 0 Å². The van der Waals surface area contributed by atoms with Crippen LogP contribution in [0.15, 0.2) is 30.7 Å². The molecular weight excluding hydrogens is 459 g/mol. The van der Waals surface area contributed by atoms with Crippen molar-refractivity contribution in [2.45, 2.75) is 49.0 Å². The van der Waals surface area contributed by atoms with E-state index in [2.05, 4.69) is 33.9 Å². The number of pyridine rings is 1. The Morgan fingerprint density at radius 2 is 1.96 bits per heavy atom. The molecule has 5 rings (SSSR count). The predicted molar refractivity (Wildman–Crippen MR) is 109 cm³/mol. The SMILES string of the molecule is Cc1cc2c(cc1C#N)c(-c1cncc(N)c1C1C[I-]1)cn2C1CCCCC1. The van der Waals surface area contributed by atoms with Crippen molar-refractivity contribution >= 4 is 16.6 Å². The molecule has 2 N–H and O–H groups in total. The molecule has 3 aromatic rings. The van der Waals surface area contributed by atoms with Crippen molar-refractivity contribution < 1.29 is 21.2 Å². The van der Waals surface area contributed by atoms with Crippen LogP contribution in [-0.4, -0.2) is 14.0 Å². The summed E-state index contributed by atoms with van der Waals surface area (Å²) in [7, 11) is 0. The first-order valence-electron chi connectivity index (χ1n) is 10.0. The van der Waals surface area contributed by atoms with Crippen LogP contribution in [0.4, 0.5) is 5.69 Å². The summed E-state index contributed by atoms with van der Waals surface area (Å²) in [6, 6.07) is 7.20. The van der Waals surface area contributed by atoms with Crippen LogP contribution in [0.2, 0.25) is 0 Å². The molecule has 2 aromatic heterocycles. The van der Waals surface area contributed by atoms with Crippen molar-refractivity contribution in [3.8, 4) is 17.2 Å². The number of nitrogens with two attached hydrogens (primary N) is 1. The molecule has 1 atom stereocenters. The number of fused-ring (bicyclic) bond motifs is 1. The number of nitrogen functional groups attached to an aromatic ring is 1. The summed E-state index contributed by atoms with van der Waals surface area (Å²) in [5.74, 6) is 0. The van der Waals surface area contributed by atoms with E-state index >= 15 is 0 Å². The molecule has 1 unspecified atom stereocenters. The monoisotopic (exact) mass is 483 g/mol. The maximum absolute atomic E-state index is 9.61. The summed E-state index contributed by atoms with van der Waals surface area (Å²) >= 11 is 0.238. The number of nitrogens with zero attached hydrogens (tertiary/aromatic N) is 3. The van der Waals surface area contributed by atoms with Crippen LogP contribution >= 0.6 is 0 Å². The molecular formula is C23H24IN4-. The zero-order chi connectivity index (χ0) is 19.3. The Morgan fingerprint density at radius 3 is 2.68 bits per heavy atom. The predicted octanol–water partition coefficient (Wildman–Crippen LogP) is 2.11. The van der Waals surface area contributed by atoms with E-state index in [1.807, 2.05) is 13.1 Å². The first kappa shape index (κ1) is 18.0. The van der Waals surface area contributed by atoms with E-state index in [1.165, 1.54) is 64.1 Å². The van der Waals surface area contributed by atoms with Crippen molar-refractivity contribution in [1.82, 2.24) is 9.55 Å². The number of aryl methyl sites for hydroxylation is 1. The van der Waals surface area contributed by atoms with Crippen LogP contribution in [0.1, 0.15) is 58.8 Å². The molecule has 28 heavy (non-hydrogen) atoms. The van der Waals surface area contributed by atoms with Crippen molar-refractivity contribution in [1.29, 1.82) is 5.26 Å². The van der Waals surface area contributed by atoms with Gasteiger partial charge in [0.25, 0.3) is 0 Å². The fourth-order valence-corrected chi connectivity index (χ4v) is 6.48. The molecule has 3 heterocycles. The number of anilines is 1. The topological polar surface area (TPSA) is 67.6 Å². The third-order valence-electron chi connectivity index (χ3n) is 6.20. The number of hydrogen-bond acceptors (Lipinski definition) is 3. The van der Waals surface area contributed by atoms with Gasteiger partial charge in [-0.3, -0.25) is 0 Å². The second-order valence-corrected chi connectivity index (χ2v) is 11.3. The van der Waals surface area contributed by atoms with Gasteiger partial charge in [-0.25, -0.2) is 0 Å².